The van der Waals surface area contributed by atoms with E-state index in [9.17, 15) is 9.59 Å². The standard InChI is InChI=1S/C14H25N3O2/c1-4-9-16-11-7-13(18)17(14(16)19)10-6-5-8-15-12(2)3/h7,11-12,15H,4-6,8-10H2,1-3H3. The van der Waals surface area contributed by atoms with E-state index in [1.807, 2.05) is 6.92 Å². The molecule has 5 nitrogen and oxygen atoms in total. The monoisotopic (exact) mass is 267 g/mol. The van der Waals surface area contributed by atoms with Crippen LogP contribution in [0.15, 0.2) is 21.9 Å². The predicted octanol–water partition coefficient (Wildman–Crippen LogP) is 1.20. The zero-order valence-corrected chi connectivity index (χ0v) is 12.2. The number of rotatable bonds is 8. The molecule has 1 rings (SSSR count). The highest BCUT2D eigenvalue weighted by molar-refractivity contribution is 4.86. The Morgan fingerprint density at radius 1 is 1.21 bits per heavy atom. The molecule has 0 aliphatic rings. The van der Waals surface area contributed by atoms with E-state index >= 15 is 0 Å². The second kappa shape index (κ2) is 7.94. The third-order valence-electron chi connectivity index (χ3n) is 2.97. The van der Waals surface area contributed by atoms with E-state index in [2.05, 4.69) is 19.2 Å². The van der Waals surface area contributed by atoms with Crippen LogP contribution in [0.1, 0.15) is 40.0 Å². The molecule has 0 atom stereocenters. The zero-order chi connectivity index (χ0) is 14.3. The minimum atomic E-state index is -0.200. The van der Waals surface area contributed by atoms with Gasteiger partial charge in [0.2, 0.25) is 0 Å². The average Bonchev–Trinajstić information content (AvgIpc) is 2.36. The van der Waals surface area contributed by atoms with Gasteiger partial charge >= 0.3 is 5.69 Å². The van der Waals surface area contributed by atoms with Crippen LogP contribution in [0.4, 0.5) is 0 Å². The molecule has 108 valence electrons. The van der Waals surface area contributed by atoms with Gasteiger partial charge in [0.05, 0.1) is 0 Å². The summed E-state index contributed by atoms with van der Waals surface area (Å²) in [7, 11) is 0. The number of hydrogen-bond donors (Lipinski definition) is 1. The van der Waals surface area contributed by atoms with Crippen molar-refractivity contribution in [2.24, 2.45) is 0 Å². The van der Waals surface area contributed by atoms with Gasteiger partial charge in [-0.2, -0.15) is 0 Å². The minimum absolute atomic E-state index is 0.189. The van der Waals surface area contributed by atoms with E-state index in [1.165, 1.54) is 10.6 Å². The van der Waals surface area contributed by atoms with Crippen molar-refractivity contribution >= 4 is 0 Å². The number of nitrogens with one attached hydrogen (secondary N) is 1. The lowest BCUT2D eigenvalue weighted by Gasteiger charge is -2.10. The number of aromatic nitrogens is 2. The van der Waals surface area contributed by atoms with Gasteiger partial charge in [-0.25, -0.2) is 4.79 Å². The second-order valence-electron chi connectivity index (χ2n) is 5.10. The van der Waals surface area contributed by atoms with Crippen molar-refractivity contribution in [3.8, 4) is 0 Å². The summed E-state index contributed by atoms with van der Waals surface area (Å²) >= 11 is 0. The molecule has 1 N–H and O–H groups in total. The van der Waals surface area contributed by atoms with Gasteiger partial charge in [-0.3, -0.25) is 9.36 Å². The highest BCUT2D eigenvalue weighted by atomic mass is 16.2. The molecule has 0 aliphatic heterocycles. The summed E-state index contributed by atoms with van der Waals surface area (Å²) in [6.45, 7) is 8.30. The largest absolute Gasteiger partial charge is 0.330 e. The molecule has 0 aromatic carbocycles. The number of nitrogens with zero attached hydrogens (tertiary/aromatic N) is 2. The van der Waals surface area contributed by atoms with E-state index in [1.54, 1.807) is 10.8 Å². The van der Waals surface area contributed by atoms with Gasteiger partial charge in [0.1, 0.15) is 0 Å². The first-order chi connectivity index (χ1) is 9.06. The van der Waals surface area contributed by atoms with E-state index < -0.39 is 0 Å². The molecule has 0 unspecified atom stereocenters. The SMILES string of the molecule is CCCn1ccc(=O)n(CCCCNC(C)C)c1=O. The van der Waals surface area contributed by atoms with Crippen LogP contribution in [0.25, 0.3) is 0 Å². The third kappa shape index (κ3) is 5.03. The van der Waals surface area contributed by atoms with Crippen LogP contribution in [-0.4, -0.2) is 21.7 Å². The summed E-state index contributed by atoms with van der Waals surface area (Å²) in [6.07, 6.45) is 4.28. The van der Waals surface area contributed by atoms with E-state index in [0.29, 0.717) is 19.1 Å². The van der Waals surface area contributed by atoms with Gasteiger partial charge in [-0.05, 0) is 25.8 Å². The van der Waals surface area contributed by atoms with Crippen molar-refractivity contribution in [3.05, 3.63) is 33.1 Å². The average molecular weight is 267 g/mol. The Morgan fingerprint density at radius 3 is 2.58 bits per heavy atom. The fourth-order valence-corrected chi connectivity index (χ4v) is 1.96. The van der Waals surface area contributed by atoms with Gasteiger partial charge < -0.3 is 9.88 Å². The highest BCUT2D eigenvalue weighted by Gasteiger charge is 2.04. The number of unbranched alkanes of at least 4 members (excludes halogenated alkanes) is 1. The Labute approximate surface area is 114 Å². The van der Waals surface area contributed by atoms with Crippen LogP contribution in [0.2, 0.25) is 0 Å². The van der Waals surface area contributed by atoms with Gasteiger partial charge in [-0.15, -0.1) is 0 Å². The topological polar surface area (TPSA) is 56.0 Å². The second-order valence-corrected chi connectivity index (χ2v) is 5.10. The molecule has 1 aromatic heterocycles. The van der Waals surface area contributed by atoms with Crippen molar-refractivity contribution in [2.45, 2.75) is 59.2 Å². The van der Waals surface area contributed by atoms with Crippen molar-refractivity contribution in [1.29, 1.82) is 0 Å². The maximum Gasteiger partial charge on any atom is 0.330 e. The molecular formula is C14H25N3O2. The lowest BCUT2D eigenvalue weighted by atomic mass is 10.3. The van der Waals surface area contributed by atoms with Crippen LogP contribution in [0.5, 0.6) is 0 Å². The van der Waals surface area contributed by atoms with Crippen molar-refractivity contribution in [1.82, 2.24) is 14.5 Å². The molecule has 0 radical (unpaired) electrons. The van der Waals surface area contributed by atoms with Crippen LogP contribution < -0.4 is 16.6 Å². The normalized spacial score (nSPS) is 11.2. The summed E-state index contributed by atoms with van der Waals surface area (Å²) in [5.41, 5.74) is -0.389. The van der Waals surface area contributed by atoms with Crippen molar-refractivity contribution < 1.29 is 0 Å². The zero-order valence-electron chi connectivity index (χ0n) is 12.2. The predicted molar refractivity (Wildman–Crippen MR) is 77.6 cm³/mol. The van der Waals surface area contributed by atoms with Crippen LogP contribution in [0.3, 0.4) is 0 Å². The van der Waals surface area contributed by atoms with Crippen LogP contribution >= 0.6 is 0 Å². The van der Waals surface area contributed by atoms with Gasteiger partial charge in [-0.1, -0.05) is 20.8 Å². The maximum atomic E-state index is 12.1. The van der Waals surface area contributed by atoms with Crippen molar-refractivity contribution in [3.63, 3.8) is 0 Å². The minimum Gasteiger partial charge on any atom is -0.315 e. The molecule has 1 heterocycles. The molecule has 0 fully saturated rings. The van der Waals surface area contributed by atoms with E-state index in [-0.39, 0.29) is 11.2 Å². The molecular weight excluding hydrogens is 242 g/mol. The molecule has 0 aliphatic carbocycles. The van der Waals surface area contributed by atoms with Gasteiger partial charge in [0.15, 0.2) is 0 Å². The quantitative estimate of drug-likeness (QED) is 0.720. The molecule has 0 saturated heterocycles. The fraction of sp³-hybridized carbons (Fsp3) is 0.714. The molecule has 5 heteroatoms. The highest BCUT2D eigenvalue weighted by Crippen LogP contribution is 1.91. The fourth-order valence-electron chi connectivity index (χ4n) is 1.96. The molecule has 1 aromatic rings. The smallest absolute Gasteiger partial charge is 0.315 e. The van der Waals surface area contributed by atoms with Gasteiger partial charge in [0, 0.05) is 31.4 Å². The number of hydrogen-bond acceptors (Lipinski definition) is 3. The summed E-state index contributed by atoms with van der Waals surface area (Å²) < 4.78 is 2.94. The summed E-state index contributed by atoms with van der Waals surface area (Å²) in [5, 5.41) is 3.32. The Balaban J connectivity index is 2.60. The molecule has 0 amide bonds. The summed E-state index contributed by atoms with van der Waals surface area (Å²) in [4.78, 5) is 23.8. The van der Waals surface area contributed by atoms with Crippen molar-refractivity contribution in [2.75, 3.05) is 6.54 Å². The Kier molecular flexibility index (Phi) is 6.56. The first-order valence-electron chi connectivity index (χ1n) is 7.10. The summed E-state index contributed by atoms with van der Waals surface area (Å²) in [5.74, 6) is 0. The van der Waals surface area contributed by atoms with E-state index in [0.717, 1.165) is 25.8 Å². The lowest BCUT2D eigenvalue weighted by Crippen LogP contribution is -2.39. The van der Waals surface area contributed by atoms with Gasteiger partial charge in [0.25, 0.3) is 5.56 Å². The molecule has 0 spiro atoms. The molecule has 0 saturated carbocycles. The first-order valence-corrected chi connectivity index (χ1v) is 7.10. The maximum absolute atomic E-state index is 12.1. The van der Waals surface area contributed by atoms with Crippen LogP contribution in [0, 0.1) is 0 Å². The summed E-state index contributed by atoms with van der Waals surface area (Å²) in [6, 6.07) is 1.95. The van der Waals surface area contributed by atoms with Crippen LogP contribution in [-0.2, 0) is 13.1 Å². The Morgan fingerprint density at radius 2 is 1.95 bits per heavy atom. The molecule has 19 heavy (non-hydrogen) atoms. The Hall–Kier alpha value is -1.36. The number of aryl methyl sites for hydroxylation is 1. The lowest BCUT2D eigenvalue weighted by molar-refractivity contribution is 0.497. The van der Waals surface area contributed by atoms with E-state index in [4.69, 9.17) is 0 Å². The first kappa shape index (κ1) is 15.7. The molecule has 0 bridgehead atoms. The Bertz CT molecular complexity index is 488. The third-order valence-corrected chi connectivity index (χ3v) is 2.97.